The zero-order valence-electron chi connectivity index (χ0n) is 11.5. The third-order valence-electron chi connectivity index (χ3n) is 2.60. The van der Waals surface area contributed by atoms with E-state index in [1.165, 1.54) is 17.4 Å². The van der Waals surface area contributed by atoms with Crippen LogP contribution in [0.3, 0.4) is 0 Å². The third kappa shape index (κ3) is 5.62. The molecule has 0 unspecified atom stereocenters. The van der Waals surface area contributed by atoms with Gasteiger partial charge in [-0.2, -0.15) is 12.7 Å². The van der Waals surface area contributed by atoms with Crippen LogP contribution in [-0.4, -0.2) is 39.4 Å². The third-order valence-corrected chi connectivity index (χ3v) is 4.31. The van der Waals surface area contributed by atoms with Crippen molar-refractivity contribution in [2.45, 2.75) is 13.3 Å². The average Bonchev–Trinajstić information content (AvgIpc) is 2.32. The largest absolute Gasteiger partial charge is 0.317 e. The van der Waals surface area contributed by atoms with E-state index in [0.29, 0.717) is 13.0 Å². The summed E-state index contributed by atoms with van der Waals surface area (Å²) in [5.74, 6) is -0.593. The molecule has 1 aromatic carbocycles. The minimum atomic E-state index is -3.70. The van der Waals surface area contributed by atoms with Gasteiger partial charge in [-0.05, 0) is 37.7 Å². The first kappa shape index (κ1) is 17.2. The van der Waals surface area contributed by atoms with Crippen LogP contribution in [0.5, 0.6) is 0 Å². The van der Waals surface area contributed by atoms with Gasteiger partial charge in [-0.1, -0.05) is 18.5 Å². The Balaban J connectivity index is 2.64. The zero-order valence-corrected chi connectivity index (χ0v) is 13.1. The average molecular weight is 324 g/mol. The summed E-state index contributed by atoms with van der Waals surface area (Å²) in [6.07, 6.45) is 0.690. The number of nitrogens with one attached hydrogen (secondary N) is 2. The maximum absolute atomic E-state index is 13.2. The summed E-state index contributed by atoms with van der Waals surface area (Å²) in [4.78, 5) is 0. The highest BCUT2D eigenvalue weighted by Gasteiger charge is 2.17. The van der Waals surface area contributed by atoms with E-state index in [2.05, 4.69) is 10.0 Å². The van der Waals surface area contributed by atoms with Gasteiger partial charge in [-0.25, -0.2) is 4.39 Å². The fourth-order valence-corrected chi connectivity index (χ4v) is 2.73. The fourth-order valence-electron chi connectivity index (χ4n) is 1.56. The van der Waals surface area contributed by atoms with Crippen molar-refractivity contribution in [3.63, 3.8) is 0 Å². The van der Waals surface area contributed by atoms with E-state index in [-0.39, 0.29) is 10.7 Å². The Bertz CT molecular complexity index is 519. The molecule has 0 aromatic heterocycles. The van der Waals surface area contributed by atoms with Crippen LogP contribution in [0.4, 0.5) is 10.1 Å². The lowest BCUT2D eigenvalue weighted by Gasteiger charge is -2.18. The van der Waals surface area contributed by atoms with Crippen molar-refractivity contribution in [1.29, 1.82) is 0 Å². The topological polar surface area (TPSA) is 61.4 Å². The maximum atomic E-state index is 13.2. The lowest BCUT2D eigenvalue weighted by molar-refractivity contribution is 0.459. The molecule has 8 heteroatoms. The number of halogens is 2. The van der Waals surface area contributed by atoms with Gasteiger partial charge in [-0.3, -0.25) is 4.72 Å². The van der Waals surface area contributed by atoms with Crippen molar-refractivity contribution < 1.29 is 12.8 Å². The number of nitrogens with zero attached hydrogens (tertiary/aromatic N) is 1. The Hall–Kier alpha value is -0.890. The molecule has 0 fully saturated rings. The molecule has 114 valence electrons. The van der Waals surface area contributed by atoms with Crippen LogP contribution in [0.1, 0.15) is 13.3 Å². The summed E-state index contributed by atoms with van der Waals surface area (Å²) in [5.41, 5.74) is 0.105. The summed E-state index contributed by atoms with van der Waals surface area (Å²) in [6, 6.07) is 3.55. The van der Waals surface area contributed by atoms with E-state index in [1.807, 2.05) is 6.92 Å². The van der Waals surface area contributed by atoms with Crippen molar-refractivity contribution in [2.24, 2.45) is 0 Å². The molecule has 0 bridgehead atoms. The van der Waals surface area contributed by atoms with E-state index in [4.69, 9.17) is 11.6 Å². The molecule has 0 spiro atoms. The molecule has 1 aromatic rings. The summed E-state index contributed by atoms with van der Waals surface area (Å²) >= 11 is 5.68. The van der Waals surface area contributed by atoms with Crippen molar-refractivity contribution in [3.05, 3.63) is 29.0 Å². The van der Waals surface area contributed by atoms with Crippen LogP contribution in [-0.2, 0) is 10.2 Å². The van der Waals surface area contributed by atoms with Crippen molar-refractivity contribution >= 4 is 27.5 Å². The normalized spacial score (nSPS) is 11.8. The molecular formula is C12H19ClFN3O2S. The highest BCUT2D eigenvalue weighted by atomic mass is 35.5. The monoisotopic (exact) mass is 323 g/mol. The maximum Gasteiger partial charge on any atom is 0.301 e. The number of rotatable bonds is 8. The molecule has 0 saturated heterocycles. The lowest BCUT2D eigenvalue weighted by Crippen LogP contribution is -2.34. The van der Waals surface area contributed by atoms with Gasteiger partial charge in [0.25, 0.3) is 0 Å². The van der Waals surface area contributed by atoms with E-state index < -0.39 is 16.0 Å². The summed E-state index contributed by atoms with van der Waals surface area (Å²) in [7, 11) is -2.24. The standard InChI is InChI=1S/C12H19ClFN3O2S/c1-3-15-5-4-6-17(2)20(18,19)16-12-8-10(13)7-11(14)9-12/h7-9,15-16H,3-6H2,1-2H3. The van der Waals surface area contributed by atoms with Crippen LogP contribution < -0.4 is 10.0 Å². The fraction of sp³-hybridized carbons (Fsp3) is 0.500. The quantitative estimate of drug-likeness (QED) is 0.720. The molecule has 0 amide bonds. The molecule has 0 atom stereocenters. The smallest absolute Gasteiger partial charge is 0.301 e. The molecule has 0 aliphatic heterocycles. The molecule has 2 N–H and O–H groups in total. The van der Waals surface area contributed by atoms with Gasteiger partial charge in [0.15, 0.2) is 0 Å². The Labute approximate surface area is 124 Å². The highest BCUT2D eigenvalue weighted by molar-refractivity contribution is 7.90. The number of anilines is 1. The van der Waals surface area contributed by atoms with Crippen LogP contribution in [0.25, 0.3) is 0 Å². The Morgan fingerprint density at radius 1 is 1.35 bits per heavy atom. The number of hydrogen-bond donors (Lipinski definition) is 2. The summed E-state index contributed by atoms with van der Waals surface area (Å²) in [5, 5.41) is 3.25. The van der Waals surface area contributed by atoms with Crippen molar-refractivity contribution in [1.82, 2.24) is 9.62 Å². The summed E-state index contributed by atoms with van der Waals surface area (Å²) in [6.45, 7) is 3.93. The van der Waals surface area contributed by atoms with E-state index in [9.17, 15) is 12.8 Å². The molecular weight excluding hydrogens is 305 g/mol. The minimum absolute atomic E-state index is 0.105. The molecule has 0 aliphatic carbocycles. The second-order valence-corrected chi connectivity index (χ2v) is 6.51. The SMILES string of the molecule is CCNCCCN(C)S(=O)(=O)Nc1cc(F)cc(Cl)c1. The van der Waals surface area contributed by atoms with Crippen LogP contribution in [0.15, 0.2) is 18.2 Å². The summed E-state index contributed by atoms with van der Waals surface area (Å²) < 4.78 is 40.7. The van der Waals surface area contributed by atoms with E-state index in [1.54, 1.807) is 0 Å². The molecule has 0 heterocycles. The van der Waals surface area contributed by atoms with E-state index >= 15 is 0 Å². The second-order valence-electron chi connectivity index (χ2n) is 4.29. The number of benzene rings is 1. The van der Waals surface area contributed by atoms with Gasteiger partial charge >= 0.3 is 10.2 Å². The Morgan fingerprint density at radius 2 is 2.05 bits per heavy atom. The van der Waals surface area contributed by atoms with Crippen molar-refractivity contribution in [3.8, 4) is 0 Å². The first-order valence-corrected chi connectivity index (χ1v) is 8.08. The molecule has 0 aliphatic rings. The second kappa shape index (κ2) is 7.78. The van der Waals surface area contributed by atoms with Gasteiger partial charge < -0.3 is 5.32 Å². The molecule has 0 radical (unpaired) electrons. The van der Waals surface area contributed by atoms with Gasteiger partial charge in [0.2, 0.25) is 0 Å². The van der Waals surface area contributed by atoms with Crippen LogP contribution in [0, 0.1) is 5.82 Å². The molecule has 5 nitrogen and oxygen atoms in total. The first-order valence-electron chi connectivity index (χ1n) is 6.26. The molecule has 0 saturated carbocycles. The predicted octanol–water partition coefficient (Wildman–Crippen LogP) is 2.07. The Kier molecular flexibility index (Phi) is 6.67. The van der Waals surface area contributed by atoms with E-state index in [0.717, 1.165) is 25.2 Å². The van der Waals surface area contributed by atoms with Gasteiger partial charge in [-0.15, -0.1) is 0 Å². The lowest BCUT2D eigenvalue weighted by atomic mass is 10.3. The molecule has 1 rings (SSSR count). The van der Waals surface area contributed by atoms with Gasteiger partial charge in [0, 0.05) is 18.6 Å². The Morgan fingerprint density at radius 3 is 2.65 bits per heavy atom. The van der Waals surface area contributed by atoms with Gasteiger partial charge in [0.05, 0.1) is 5.69 Å². The predicted molar refractivity (Wildman–Crippen MR) is 79.7 cm³/mol. The number of hydrogen-bond acceptors (Lipinski definition) is 3. The first-order chi connectivity index (χ1) is 9.35. The zero-order chi connectivity index (χ0) is 15.2. The highest BCUT2D eigenvalue weighted by Crippen LogP contribution is 2.19. The van der Waals surface area contributed by atoms with Crippen LogP contribution >= 0.6 is 11.6 Å². The van der Waals surface area contributed by atoms with Crippen molar-refractivity contribution in [2.75, 3.05) is 31.4 Å². The molecule has 20 heavy (non-hydrogen) atoms. The minimum Gasteiger partial charge on any atom is -0.317 e. The van der Waals surface area contributed by atoms with Gasteiger partial charge in [0.1, 0.15) is 5.82 Å². The van der Waals surface area contributed by atoms with Crippen LogP contribution in [0.2, 0.25) is 5.02 Å².